The number of Topliss-reactive ketones (excluding diaryl/α,β-unsaturated/α-hetero) is 1. The summed E-state index contributed by atoms with van der Waals surface area (Å²) in [5.74, 6) is -0.686. The summed E-state index contributed by atoms with van der Waals surface area (Å²) < 4.78 is 0. The first-order valence-electron chi connectivity index (χ1n) is 9.25. The molecule has 1 aliphatic rings. The van der Waals surface area contributed by atoms with Gasteiger partial charge in [-0.15, -0.1) is 0 Å². The topological polar surface area (TPSA) is 72.2 Å². The molecule has 5 heteroatoms. The number of benzene rings is 3. The quantitative estimate of drug-likeness (QED) is 0.417. The summed E-state index contributed by atoms with van der Waals surface area (Å²) in [6, 6.07) is 25.4. The molecule has 1 fully saturated rings. The molecule has 1 N–H and O–H groups in total. The predicted octanol–water partition coefficient (Wildman–Crippen LogP) is 4.01. The van der Waals surface area contributed by atoms with Crippen LogP contribution < -0.4 is 5.32 Å². The second kappa shape index (κ2) is 7.74. The number of hydrogen-bond acceptors (Lipinski definition) is 4. The first-order valence-corrected chi connectivity index (χ1v) is 9.25. The summed E-state index contributed by atoms with van der Waals surface area (Å²) in [6.45, 7) is 0. The third kappa shape index (κ3) is 3.32. The van der Waals surface area contributed by atoms with Crippen LogP contribution in [0.2, 0.25) is 0 Å². The van der Waals surface area contributed by atoms with Crippen molar-refractivity contribution in [3.05, 3.63) is 118 Å². The van der Waals surface area contributed by atoms with Gasteiger partial charge in [0, 0.05) is 10.5 Å². The van der Waals surface area contributed by atoms with Gasteiger partial charge in [0.25, 0.3) is 0 Å². The fourth-order valence-corrected chi connectivity index (χ4v) is 4.09. The van der Waals surface area contributed by atoms with Gasteiger partial charge in [0.05, 0.1) is 12.0 Å². The van der Waals surface area contributed by atoms with E-state index in [0.29, 0.717) is 5.56 Å². The minimum Gasteiger partial charge on any atom is -0.294 e. The summed E-state index contributed by atoms with van der Waals surface area (Å²) in [5, 5.41) is 15.4. The molecule has 1 aliphatic heterocycles. The van der Waals surface area contributed by atoms with Gasteiger partial charge >= 0.3 is 0 Å². The average Bonchev–Trinajstić information content (AvgIpc) is 3.16. The first-order chi connectivity index (χ1) is 13.7. The highest BCUT2D eigenvalue weighted by Crippen LogP contribution is 2.41. The van der Waals surface area contributed by atoms with Crippen molar-refractivity contribution >= 4 is 5.78 Å². The lowest BCUT2D eigenvalue weighted by molar-refractivity contribution is -0.527. The summed E-state index contributed by atoms with van der Waals surface area (Å²) in [7, 11) is 0. The lowest BCUT2D eigenvalue weighted by Crippen LogP contribution is -2.36. The van der Waals surface area contributed by atoms with Gasteiger partial charge < -0.3 is 0 Å². The SMILES string of the molecule is O=C(c1ccccc1)C1NC(c2ccccc2)C([N+](=O)[O-])C1c1ccccc1. The van der Waals surface area contributed by atoms with E-state index in [0.717, 1.165) is 11.1 Å². The third-order valence-electron chi connectivity index (χ3n) is 5.36. The normalized spacial score (nSPS) is 24.0. The van der Waals surface area contributed by atoms with E-state index in [4.69, 9.17) is 0 Å². The molecule has 0 radical (unpaired) electrons. The molecule has 4 atom stereocenters. The van der Waals surface area contributed by atoms with E-state index < -0.39 is 24.0 Å². The smallest absolute Gasteiger partial charge is 0.241 e. The molecule has 0 amide bonds. The number of nitro groups is 1. The van der Waals surface area contributed by atoms with E-state index in [9.17, 15) is 14.9 Å². The number of nitrogens with zero attached hydrogens (tertiary/aromatic N) is 1. The minimum atomic E-state index is -0.942. The van der Waals surface area contributed by atoms with Crippen LogP contribution in [-0.2, 0) is 0 Å². The predicted molar refractivity (Wildman–Crippen MR) is 107 cm³/mol. The monoisotopic (exact) mass is 372 g/mol. The zero-order valence-corrected chi connectivity index (χ0v) is 15.1. The number of hydrogen-bond donors (Lipinski definition) is 1. The molecule has 1 saturated heterocycles. The van der Waals surface area contributed by atoms with Gasteiger partial charge in [0.2, 0.25) is 6.04 Å². The molecule has 0 saturated carbocycles. The summed E-state index contributed by atoms with van der Waals surface area (Å²) in [6.07, 6.45) is 0. The largest absolute Gasteiger partial charge is 0.294 e. The van der Waals surface area contributed by atoms with Crippen molar-refractivity contribution in [2.24, 2.45) is 0 Å². The molecule has 140 valence electrons. The van der Waals surface area contributed by atoms with Crippen LogP contribution in [0, 0.1) is 10.1 Å². The maximum Gasteiger partial charge on any atom is 0.241 e. The van der Waals surface area contributed by atoms with Crippen LogP contribution in [0.25, 0.3) is 0 Å². The van der Waals surface area contributed by atoms with Crippen LogP contribution in [0.4, 0.5) is 0 Å². The Morgan fingerprint density at radius 1 is 0.786 bits per heavy atom. The number of carbonyl (C=O) groups is 1. The van der Waals surface area contributed by atoms with Crippen molar-refractivity contribution in [3.63, 3.8) is 0 Å². The van der Waals surface area contributed by atoms with Crippen molar-refractivity contribution in [2.45, 2.75) is 24.0 Å². The highest BCUT2D eigenvalue weighted by atomic mass is 16.6. The summed E-state index contributed by atoms with van der Waals surface area (Å²) in [5.41, 5.74) is 2.16. The first kappa shape index (κ1) is 18.1. The molecule has 5 nitrogen and oxygen atoms in total. The highest BCUT2D eigenvalue weighted by molar-refractivity contribution is 6.01. The summed E-state index contributed by atoms with van der Waals surface area (Å²) in [4.78, 5) is 25.2. The maximum absolute atomic E-state index is 13.3. The molecule has 1 heterocycles. The Kier molecular flexibility index (Phi) is 5.00. The van der Waals surface area contributed by atoms with Crippen molar-refractivity contribution in [2.75, 3.05) is 0 Å². The standard InChI is InChI=1S/C23H20N2O3/c26-23(18-14-8-3-9-15-18)21-19(16-10-4-1-5-11-16)22(25(27)28)20(24-21)17-12-6-2-7-13-17/h1-15,19-22,24H. The zero-order chi connectivity index (χ0) is 19.5. The molecular formula is C23H20N2O3. The van der Waals surface area contributed by atoms with Gasteiger partial charge in [-0.3, -0.25) is 20.2 Å². The Balaban J connectivity index is 1.81. The zero-order valence-electron chi connectivity index (χ0n) is 15.1. The molecule has 4 rings (SSSR count). The van der Waals surface area contributed by atoms with Crippen molar-refractivity contribution in [1.29, 1.82) is 0 Å². The number of nitrogens with one attached hydrogen (secondary N) is 1. The van der Waals surface area contributed by atoms with Crippen LogP contribution >= 0.6 is 0 Å². The number of carbonyl (C=O) groups excluding carboxylic acids is 1. The molecule has 0 spiro atoms. The average molecular weight is 372 g/mol. The maximum atomic E-state index is 13.3. The van der Waals surface area contributed by atoms with Gasteiger partial charge in [-0.2, -0.15) is 0 Å². The fraction of sp³-hybridized carbons (Fsp3) is 0.174. The van der Waals surface area contributed by atoms with E-state index in [1.54, 1.807) is 24.3 Å². The number of rotatable bonds is 5. The van der Waals surface area contributed by atoms with Crippen molar-refractivity contribution in [3.8, 4) is 0 Å². The van der Waals surface area contributed by atoms with Crippen molar-refractivity contribution < 1.29 is 9.72 Å². The van der Waals surface area contributed by atoms with E-state index in [1.807, 2.05) is 66.7 Å². The molecular weight excluding hydrogens is 352 g/mol. The van der Waals surface area contributed by atoms with Gasteiger partial charge in [0.1, 0.15) is 6.04 Å². The van der Waals surface area contributed by atoms with Crippen LogP contribution in [0.5, 0.6) is 0 Å². The molecule has 0 aliphatic carbocycles. The molecule has 3 aromatic rings. The van der Waals surface area contributed by atoms with Gasteiger partial charge in [-0.1, -0.05) is 91.0 Å². The van der Waals surface area contributed by atoms with E-state index in [1.165, 1.54) is 0 Å². The Morgan fingerprint density at radius 3 is 1.82 bits per heavy atom. The fourth-order valence-electron chi connectivity index (χ4n) is 4.09. The van der Waals surface area contributed by atoms with Gasteiger partial charge in [-0.05, 0) is 11.1 Å². The lowest BCUT2D eigenvalue weighted by atomic mass is 9.83. The third-order valence-corrected chi connectivity index (χ3v) is 5.36. The van der Waals surface area contributed by atoms with Crippen LogP contribution in [0.3, 0.4) is 0 Å². The van der Waals surface area contributed by atoms with Crippen LogP contribution in [0.15, 0.2) is 91.0 Å². The summed E-state index contributed by atoms with van der Waals surface area (Å²) >= 11 is 0. The minimum absolute atomic E-state index is 0.125. The Labute approximate surface area is 163 Å². The molecule has 3 aromatic carbocycles. The van der Waals surface area contributed by atoms with E-state index in [-0.39, 0.29) is 10.7 Å². The number of ketones is 1. The molecule has 0 bridgehead atoms. The van der Waals surface area contributed by atoms with E-state index in [2.05, 4.69) is 5.32 Å². The van der Waals surface area contributed by atoms with Crippen molar-refractivity contribution in [1.82, 2.24) is 5.32 Å². The molecule has 28 heavy (non-hydrogen) atoms. The molecule has 4 unspecified atom stereocenters. The second-order valence-electron chi connectivity index (χ2n) is 6.98. The Bertz CT molecular complexity index is 961. The van der Waals surface area contributed by atoms with Crippen LogP contribution in [-0.4, -0.2) is 22.8 Å². The lowest BCUT2D eigenvalue weighted by Gasteiger charge is -2.20. The van der Waals surface area contributed by atoms with Crippen LogP contribution in [0.1, 0.15) is 33.4 Å². The van der Waals surface area contributed by atoms with Gasteiger partial charge in [-0.25, -0.2) is 0 Å². The Hall–Kier alpha value is -3.31. The van der Waals surface area contributed by atoms with E-state index >= 15 is 0 Å². The Morgan fingerprint density at radius 2 is 1.29 bits per heavy atom. The molecule has 0 aromatic heterocycles. The second-order valence-corrected chi connectivity index (χ2v) is 6.98. The van der Waals surface area contributed by atoms with Gasteiger partial charge in [0.15, 0.2) is 5.78 Å². The highest BCUT2D eigenvalue weighted by Gasteiger charge is 2.54.